The molecule has 0 aliphatic carbocycles. The van der Waals surface area contributed by atoms with Crippen LogP contribution in [0.1, 0.15) is 11.1 Å². The summed E-state index contributed by atoms with van der Waals surface area (Å²) >= 11 is 0. The topological polar surface area (TPSA) is 25.8 Å². The van der Waals surface area contributed by atoms with Crippen LogP contribution in [0.25, 0.3) is 44.1 Å². The second kappa shape index (κ2) is 11.2. The van der Waals surface area contributed by atoms with Gasteiger partial charge in [0, 0.05) is 32.5 Å². The normalized spacial score (nSPS) is 10.3. The molecular weight excluding hydrogens is 605 g/mol. The summed E-state index contributed by atoms with van der Waals surface area (Å²) in [6, 6.07) is 39.4. The van der Waals surface area contributed by atoms with E-state index in [0.717, 1.165) is 22.5 Å². The van der Waals surface area contributed by atoms with Gasteiger partial charge >= 0.3 is 0 Å². The zero-order chi connectivity index (χ0) is 23.3. The maximum atomic E-state index is 4.59. The molecule has 3 heteroatoms. The third-order valence-electron chi connectivity index (χ3n) is 5.78. The van der Waals surface area contributed by atoms with E-state index < -0.39 is 0 Å². The van der Waals surface area contributed by atoms with Crippen LogP contribution >= 0.6 is 0 Å². The molecule has 2 heterocycles. The second-order valence-corrected chi connectivity index (χ2v) is 8.32. The zero-order valence-electron chi connectivity index (χ0n) is 19.6. The third-order valence-corrected chi connectivity index (χ3v) is 5.78. The van der Waals surface area contributed by atoms with Gasteiger partial charge in [-0.25, -0.2) is 0 Å². The van der Waals surface area contributed by atoms with Crippen LogP contribution < -0.4 is 0 Å². The Morgan fingerprint density at radius 3 is 2.14 bits per heavy atom. The van der Waals surface area contributed by atoms with E-state index in [2.05, 4.69) is 96.6 Å². The van der Waals surface area contributed by atoms with Crippen molar-refractivity contribution in [1.29, 1.82) is 0 Å². The Hall–Kier alpha value is -3.65. The Labute approximate surface area is 220 Å². The van der Waals surface area contributed by atoms with Gasteiger partial charge in [-0.1, -0.05) is 55.0 Å². The van der Waals surface area contributed by atoms with E-state index in [-0.39, 0.29) is 20.1 Å². The molecule has 0 atom stereocenters. The average molecular weight is 629 g/mol. The summed E-state index contributed by atoms with van der Waals surface area (Å²) < 4.78 is 0. The summed E-state index contributed by atoms with van der Waals surface area (Å²) in [5.74, 6) is 0. The Morgan fingerprint density at radius 1 is 0.571 bits per heavy atom. The number of nitrogens with zero attached hydrogens (tertiary/aromatic N) is 2. The van der Waals surface area contributed by atoms with E-state index in [4.69, 9.17) is 0 Å². The SMILES string of the molecule is Cc1cc[c-]c(-c2nccc3c2ccc2ccccc23)c1.Cc1ccnc(-c2[c-]cccc2)c1.[Ir]. The standard InChI is InChI=1S/C20H14N.C12H10N.Ir/c1-14-5-4-7-16(13-14)20-19-10-9-15-6-2-3-8-17(15)18(19)11-12-21-20;1-10-7-8-13-12(9-10)11-5-3-2-4-6-11;/h2-6,8-13H,1H3;2-5,7-9H,1H3;/q2*-1;. The molecule has 0 saturated heterocycles. The maximum absolute atomic E-state index is 4.59. The van der Waals surface area contributed by atoms with Gasteiger partial charge in [-0.05, 0) is 52.0 Å². The van der Waals surface area contributed by atoms with Gasteiger partial charge in [-0.3, -0.25) is 0 Å². The van der Waals surface area contributed by atoms with E-state index in [1.165, 1.54) is 32.7 Å². The second-order valence-electron chi connectivity index (χ2n) is 8.32. The first-order valence-corrected chi connectivity index (χ1v) is 11.3. The fourth-order valence-electron chi connectivity index (χ4n) is 4.11. The first kappa shape index (κ1) is 24.5. The molecule has 2 nitrogen and oxygen atoms in total. The van der Waals surface area contributed by atoms with Gasteiger partial charge in [0.25, 0.3) is 0 Å². The van der Waals surface area contributed by atoms with Crippen LogP contribution in [0.15, 0.2) is 109 Å². The van der Waals surface area contributed by atoms with Crippen molar-refractivity contribution in [2.24, 2.45) is 0 Å². The molecule has 0 bridgehead atoms. The fourth-order valence-corrected chi connectivity index (χ4v) is 4.11. The molecule has 0 N–H and O–H groups in total. The Bertz CT molecular complexity index is 1580. The first-order chi connectivity index (χ1) is 16.7. The van der Waals surface area contributed by atoms with E-state index in [1.807, 2.05) is 48.8 Å². The van der Waals surface area contributed by atoms with Crippen LogP contribution in [0.4, 0.5) is 0 Å². The third kappa shape index (κ3) is 5.54. The number of pyridine rings is 2. The Balaban J connectivity index is 0.000000179. The summed E-state index contributed by atoms with van der Waals surface area (Å²) in [4.78, 5) is 8.87. The van der Waals surface area contributed by atoms with Gasteiger partial charge in [0.15, 0.2) is 0 Å². The molecule has 0 aliphatic rings. The minimum absolute atomic E-state index is 0. The molecule has 35 heavy (non-hydrogen) atoms. The maximum Gasteiger partial charge on any atom is 0.0167 e. The number of benzene rings is 4. The number of rotatable bonds is 2. The van der Waals surface area contributed by atoms with E-state index in [1.54, 1.807) is 0 Å². The van der Waals surface area contributed by atoms with Crippen LogP contribution in [0, 0.1) is 26.0 Å². The molecule has 173 valence electrons. The van der Waals surface area contributed by atoms with Crippen LogP contribution in [0.3, 0.4) is 0 Å². The van der Waals surface area contributed by atoms with Crippen molar-refractivity contribution in [3.8, 4) is 22.5 Å². The van der Waals surface area contributed by atoms with E-state index in [9.17, 15) is 0 Å². The molecule has 0 saturated carbocycles. The summed E-state index contributed by atoms with van der Waals surface area (Å²) in [6.45, 7) is 4.16. The Morgan fingerprint density at radius 2 is 1.34 bits per heavy atom. The molecule has 6 rings (SSSR count). The largest absolute Gasteiger partial charge is 0.305 e. The molecule has 2 aromatic heterocycles. The molecule has 1 radical (unpaired) electrons. The monoisotopic (exact) mass is 629 g/mol. The van der Waals surface area contributed by atoms with Crippen LogP contribution in [-0.2, 0) is 20.1 Å². The summed E-state index contributed by atoms with van der Waals surface area (Å²) in [5.41, 5.74) is 6.54. The van der Waals surface area contributed by atoms with Crippen molar-refractivity contribution in [2.75, 3.05) is 0 Å². The minimum atomic E-state index is 0. The van der Waals surface area contributed by atoms with Crippen molar-refractivity contribution in [2.45, 2.75) is 13.8 Å². The average Bonchev–Trinajstić information content (AvgIpc) is 2.89. The van der Waals surface area contributed by atoms with E-state index in [0.29, 0.717) is 0 Å². The molecule has 4 aromatic carbocycles. The number of hydrogen-bond donors (Lipinski definition) is 0. The van der Waals surface area contributed by atoms with Crippen molar-refractivity contribution < 1.29 is 20.1 Å². The van der Waals surface area contributed by atoms with Crippen molar-refractivity contribution in [3.63, 3.8) is 0 Å². The van der Waals surface area contributed by atoms with Gasteiger partial charge in [-0.2, -0.15) is 0 Å². The van der Waals surface area contributed by atoms with Gasteiger partial charge in [-0.15, -0.1) is 71.3 Å². The van der Waals surface area contributed by atoms with Gasteiger partial charge in [0.1, 0.15) is 0 Å². The first-order valence-electron chi connectivity index (χ1n) is 11.3. The number of fused-ring (bicyclic) bond motifs is 3. The predicted molar refractivity (Wildman–Crippen MR) is 142 cm³/mol. The van der Waals surface area contributed by atoms with Crippen LogP contribution in [0.5, 0.6) is 0 Å². The summed E-state index contributed by atoms with van der Waals surface area (Å²) in [5, 5.41) is 4.95. The fraction of sp³-hybridized carbons (Fsp3) is 0.0625. The minimum Gasteiger partial charge on any atom is -0.305 e. The zero-order valence-corrected chi connectivity index (χ0v) is 22.0. The smallest absolute Gasteiger partial charge is 0.0167 e. The predicted octanol–water partition coefficient (Wildman–Crippen LogP) is 8.02. The molecular formula is C32H24IrN2-2. The van der Waals surface area contributed by atoms with Crippen molar-refractivity contribution >= 4 is 21.5 Å². The van der Waals surface area contributed by atoms with Crippen molar-refractivity contribution in [3.05, 3.63) is 133 Å². The molecule has 0 aliphatic heterocycles. The molecule has 0 spiro atoms. The molecule has 6 aromatic rings. The van der Waals surface area contributed by atoms with Crippen LogP contribution in [-0.4, -0.2) is 9.97 Å². The molecule has 0 fully saturated rings. The molecule has 0 amide bonds. The van der Waals surface area contributed by atoms with Gasteiger partial charge in [0.2, 0.25) is 0 Å². The van der Waals surface area contributed by atoms with Crippen LogP contribution in [0.2, 0.25) is 0 Å². The number of aryl methyl sites for hydroxylation is 2. The summed E-state index contributed by atoms with van der Waals surface area (Å²) in [6.07, 6.45) is 3.71. The Kier molecular flexibility index (Phi) is 7.82. The van der Waals surface area contributed by atoms with Crippen molar-refractivity contribution in [1.82, 2.24) is 9.97 Å². The van der Waals surface area contributed by atoms with Gasteiger partial charge < -0.3 is 9.97 Å². The number of hydrogen-bond acceptors (Lipinski definition) is 2. The van der Waals surface area contributed by atoms with E-state index >= 15 is 0 Å². The quantitative estimate of drug-likeness (QED) is 0.143. The summed E-state index contributed by atoms with van der Waals surface area (Å²) in [7, 11) is 0. The molecule has 0 unspecified atom stereocenters. The number of aromatic nitrogens is 2. The van der Waals surface area contributed by atoms with Gasteiger partial charge in [0.05, 0.1) is 0 Å².